The summed E-state index contributed by atoms with van der Waals surface area (Å²) in [6.07, 6.45) is 3.61. The van der Waals surface area contributed by atoms with Gasteiger partial charge in [-0.15, -0.1) is 0 Å². The number of fused-ring (bicyclic) bond motifs is 3. The second-order valence-electron chi connectivity index (χ2n) is 10.4. The Morgan fingerprint density at radius 2 is 1.75 bits per heavy atom. The fourth-order valence-corrected chi connectivity index (χ4v) is 6.59. The molecule has 2 aromatic rings. The maximum atomic E-state index is 13.9. The number of methoxy groups -OCH3 is 1. The van der Waals surface area contributed by atoms with Crippen molar-refractivity contribution in [2.75, 3.05) is 12.0 Å². The van der Waals surface area contributed by atoms with Gasteiger partial charge in [-0.1, -0.05) is 17.7 Å². The summed E-state index contributed by atoms with van der Waals surface area (Å²) in [5.74, 6) is -3.89. The molecule has 0 saturated carbocycles. The van der Waals surface area contributed by atoms with Gasteiger partial charge in [0.2, 0.25) is 11.8 Å². The number of phenols is 1. The Hall–Kier alpha value is -4.86. The molecule has 1 N–H and O–H groups in total. The summed E-state index contributed by atoms with van der Waals surface area (Å²) in [5.41, 5.74) is 2.48. The van der Waals surface area contributed by atoms with Crippen molar-refractivity contribution in [2.45, 2.75) is 25.7 Å². The molecule has 1 heterocycles. The van der Waals surface area contributed by atoms with E-state index in [1.807, 2.05) is 6.08 Å². The highest BCUT2D eigenvalue weighted by Gasteiger charge is 2.56. The molecule has 6 rings (SSSR count). The number of hydrogen-bond acceptors (Lipinski definition) is 8. The van der Waals surface area contributed by atoms with Crippen LogP contribution in [0.25, 0.3) is 0 Å². The molecule has 10 nitrogen and oxygen atoms in total. The van der Waals surface area contributed by atoms with Gasteiger partial charge in [-0.2, -0.15) is 0 Å². The number of ether oxygens (including phenoxy) is 1. The van der Waals surface area contributed by atoms with Crippen LogP contribution in [0.15, 0.2) is 76.9 Å². The fourth-order valence-electron chi connectivity index (χ4n) is 6.59. The van der Waals surface area contributed by atoms with Crippen molar-refractivity contribution in [3.63, 3.8) is 0 Å². The third-order valence-electron chi connectivity index (χ3n) is 8.42. The fraction of sp³-hybridized carbons (Fsp3) is 0.267. The zero-order chi connectivity index (χ0) is 28.5. The van der Waals surface area contributed by atoms with E-state index in [9.17, 15) is 34.4 Å². The van der Waals surface area contributed by atoms with Gasteiger partial charge >= 0.3 is 0 Å². The Kier molecular flexibility index (Phi) is 5.79. The Morgan fingerprint density at radius 1 is 1.02 bits per heavy atom. The molecule has 2 aromatic carbocycles. The van der Waals surface area contributed by atoms with Crippen LogP contribution >= 0.6 is 0 Å². The van der Waals surface area contributed by atoms with Gasteiger partial charge in [-0.3, -0.25) is 34.2 Å². The van der Waals surface area contributed by atoms with Crippen molar-refractivity contribution in [2.24, 2.45) is 17.8 Å². The predicted molar refractivity (Wildman–Crippen MR) is 142 cm³/mol. The number of Topliss-reactive ketones (excluding diaryl/α,β-unsaturated/α-hetero) is 1. The molecule has 1 fully saturated rings. The van der Waals surface area contributed by atoms with E-state index in [0.717, 1.165) is 10.5 Å². The summed E-state index contributed by atoms with van der Waals surface area (Å²) in [4.78, 5) is 65.7. The Labute approximate surface area is 228 Å². The largest absolute Gasteiger partial charge is 0.504 e. The van der Waals surface area contributed by atoms with Gasteiger partial charge in [0.05, 0.1) is 29.6 Å². The van der Waals surface area contributed by atoms with Crippen molar-refractivity contribution >= 4 is 34.8 Å². The number of phenolic OH excluding ortho intramolecular Hbond substituents is 1. The van der Waals surface area contributed by atoms with Crippen LogP contribution in [0.2, 0.25) is 0 Å². The molecule has 0 bridgehead atoms. The second kappa shape index (κ2) is 9.11. The number of allylic oxidation sites excluding steroid dienone is 6. The lowest BCUT2D eigenvalue weighted by atomic mass is 9.59. The van der Waals surface area contributed by atoms with Gasteiger partial charge in [-0.25, -0.2) is 0 Å². The quantitative estimate of drug-likeness (QED) is 0.202. The highest BCUT2D eigenvalue weighted by atomic mass is 16.6. The molecule has 0 aromatic heterocycles. The topological polar surface area (TPSA) is 144 Å². The van der Waals surface area contributed by atoms with Crippen molar-refractivity contribution in [3.05, 3.63) is 92.6 Å². The van der Waals surface area contributed by atoms with E-state index in [1.54, 1.807) is 19.1 Å². The number of imide groups is 1. The molecule has 0 unspecified atom stereocenters. The predicted octanol–water partition coefficient (Wildman–Crippen LogP) is 3.94. The molecule has 0 radical (unpaired) electrons. The van der Waals surface area contributed by atoms with Crippen molar-refractivity contribution in [1.29, 1.82) is 0 Å². The number of hydrogen-bond donors (Lipinski definition) is 1. The average molecular weight is 541 g/mol. The first-order valence-electron chi connectivity index (χ1n) is 12.8. The number of aromatic hydroxyl groups is 1. The van der Waals surface area contributed by atoms with Crippen LogP contribution in [0, 0.1) is 27.9 Å². The number of carbonyl (C=O) groups excluding carboxylic acids is 4. The normalized spacial score (nSPS) is 25.7. The molecule has 1 saturated heterocycles. The summed E-state index contributed by atoms with van der Waals surface area (Å²) in [6.45, 7) is 1.59. The van der Waals surface area contributed by atoms with Crippen LogP contribution in [-0.4, -0.2) is 40.5 Å². The summed E-state index contributed by atoms with van der Waals surface area (Å²) >= 11 is 0. The molecule has 1 aliphatic heterocycles. The number of carbonyl (C=O) groups is 4. The van der Waals surface area contributed by atoms with E-state index >= 15 is 0 Å². The monoisotopic (exact) mass is 540 g/mol. The molecule has 3 aliphatic carbocycles. The highest BCUT2D eigenvalue weighted by Crippen LogP contribution is 2.55. The molecule has 4 atom stereocenters. The molecule has 202 valence electrons. The molecule has 2 amide bonds. The molecule has 4 aliphatic rings. The van der Waals surface area contributed by atoms with Gasteiger partial charge < -0.3 is 9.84 Å². The number of non-ortho nitro benzene ring substituents is 1. The minimum atomic E-state index is -0.770. The first-order chi connectivity index (χ1) is 19.1. The summed E-state index contributed by atoms with van der Waals surface area (Å²) in [5, 5.41) is 21.3. The number of ketones is 2. The Bertz CT molecular complexity index is 1630. The van der Waals surface area contributed by atoms with Gasteiger partial charge in [0.25, 0.3) is 5.69 Å². The van der Waals surface area contributed by atoms with E-state index in [1.165, 1.54) is 43.5 Å². The molecular formula is C30H24N2O8. The minimum absolute atomic E-state index is 0.0806. The van der Waals surface area contributed by atoms with Crippen LogP contribution in [0.4, 0.5) is 11.4 Å². The average Bonchev–Trinajstić information content (AvgIpc) is 3.20. The van der Waals surface area contributed by atoms with Crippen LogP contribution in [0.1, 0.15) is 31.2 Å². The van der Waals surface area contributed by atoms with Crippen LogP contribution in [0.5, 0.6) is 11.5 Å². The van der Waals surface area contributed by atoms with E-state index in [2.05, 4.69) is 0 Å². The van der Waals surface area contributed by atoms with E-state index in [0.29, 0.717) is 22.3 Å². The minimum Gasteiger partial charge on any atom is -0.504 e. The van der Waals surface area contributed by atoms with E-state index < -0.39 is 40.4 Å². The van der Waals surface area contributed by atoms with Gasteiger partial charge in [0.1, 0.15) is 0 Å². The van der Waals surface area contributed by atoms with Crippen LogP contribution in [-0.2, 0) is 19.2 Å². The number of nitro benzene ring substituents is 1. The zero-order valence-electron chi connectivity index (χ0n) is 21.6. The smallest absolute Gasteiger partial charge is 0.269 e. The van der Waals surface area contributed by atoms with Crippen LogP contribution in [0.3, 0.4) is 0 Å². The number of rotatable bonds is 4. The molecule has 40 heavy (non-hydrogen) atoms. The maximum Gasteiger partial charge on any atom is 0.269 e. The van der Waals surface area contributed by atoms with Gasteiger partial charge in [0.15, 0.2) is 23.1 Å². The van der Waals surface area contributed by atoms with Gasteiger partial charge in [0, 0.05) is 34.8 Å². The lowest BCUT2D eigenvalue weighted by Gasteiger charge is -2.42. The van der Waals surface area contributed by atoms with Crippen molar-refractivity contribution in [1.82, 2.24) is 0 Å². The standard InChI is InChI=1S/C30H24N2O8/c1-14-11-23(34)21-13-20-18(25(27(21)28(14)35)15-3-10-22(33)24(12-15)40-2)8-9-19-26(20)30(37)31(29(19)36)16-4-6-17(7-5-16)32(38)39/h3-8,10-12,19-20,25-26,33H,9,13H2,1-2H3/t19-,20+,25-,26-/m0/s1. The SMILES string of the molecule is COc1cc([C@H]2C3=CC[C@@H]4C(=O)N(c5ccc([N+](=O)[O-])cc5)C(=O)[C@@H]4[C@@H]3CC3=C2C(=O)C(C)=CC3=O)ccc1O. The van der Waals surface area contributed by atoms with Crippen molar-refractivity contribution < 1.29 is 33.9 Å². The van der Waals surface area contributed by atoms with Crippen molar-refractivity contribution in [3.8, 4) is 11.5 Å². The number of nitrogens with zero attached hydrogens (tertiary/aromatic N) is 2. The first kappa shape index (κ1) is 25.4. The van der Waals surface area contributed by atoms with E-state index in [-0.39, 0.29) is 47.3 Å². The number of nitro groups is 1. The third-order valence-corrected chi connectivity index (χ3v) is 8.42. The highest BCUT2D eigenvalue weighted by molar-refractivity contribution is 6.25. The third kappa shape index (κ3) is 3.63. The molecule has 0 spiro atoms. The number of anilines is 1. The van der Waals surface area contributed by atoms with E-state index in [4.69, 9.17) is 4.74 Å². The first-order valence-corrected chi connectivity index (χ1v) is 12.8. The number of amides is 2. The maximum absolute atomic E-state index is 13.9. The lowest BCUT2D eigenvalue weighted by molar-refractivity contribution is -0.384. The Morgan fingerprint density at radius 3 is 2.42 bits per heavy atom. The van der Waals surface area contributed by atoms with Crippen LogP contribution < -0.4 is 9.64 Å². The molecular weight excluding hydrogens is 516 g/mol. The summed E-state index contributed by atoms with van der Waals surface area (Å²) < 4.78 is 5.31. The second-order valence-corrected chi connectivity index (χ2v) is 10.4. The zero-order valence-corrected chi connectivity index (χ0v) is 21.6. The molecule has 10 heteroatoms. The number of benzene rings is 2. The summed E-state index contributed by atoms with van der Waals surface area (Å²) in [7, 11) is 1.41. The Balaban J connectivity index is 1.46. The summed E-state index contributed by atoms with van der Waals surface area (Å²) in [6, 6.07) is 9.99. The lowest BCUT2D eigenvalue weighted by Crippen LogP contribution is -2.39. The van der Waals surface area contributed by atoms with Gasteiger partial charge in [-0.05, 0) is 61.6 Å².